The Hall–Kier alpha value is -1.76. The summed E-state index contributed by atoms with van der Waals surface area (Å²) in [6.45, 7) is 10.9. The molecule has 6 nitrogen and oxygen atoms in total. The summed E-state index contributed by atoms with van der Waals surface area (Å²) in [5.41, 5.74) is 1.12. The van der Waals surface area contributed by atoms with Crippen molar-refractivity contribution in [3.63, 3.8) is 0 Å². The Kier molecular flexibility index (Phi) is 5.70. The van der Waals surface area contributed by atoms with Gasteiger partial charge in [0.15, 0.2) is 10.9 Å². The summed E-state index contributed by atoms with van der Waals surface area (Å²) in [4.78, 5) is 27.2. The molecule has 0 radical (unpaired) electrons. The zero-order valence-electron chi connectivity index (χ0n) is 16.9. The second-order valence-corrected chi connectivity index (χ2v) is 9.61. The van der Waals surface area contributed by atoms with E-state index >= 15 is 0 Å². The van der Waals surface area contributed by atoms with Crippen LogP contribution in [0.3, 0.4) is 0 Å². The van der Waals surface area contributed by atoms with Crippen LogP contribution in [-0.2, 0) is 22.4 Å². The van der Waals surface area contributed by atoms with E-state index in [4.69, 9.17) is 4.74 Å². The van der Waals surface area contributed by atoms with E-state index in [1.54, 1.807) is 18.3 Å². The molecule has 148 valence electrons. The largest absolute Gasteiger partial charge is 0.464 e. The summed E-state index contributed by atoms with van der Waals surface area (Å²) in [5.74, 6) is 0.164. The van der Waals surface area contributed by atoms with Crippen LogP contribution in [0.25, 0.3) is 10.2 Å². The van der Waals surface area contributed by atoms with Gasteiger partial charge in [-0.3, -0.25) is 4.79 Å². The molecule has 0 N–H and O–H groups in total. The normalized spacial score (nSPS) is 18.3. The topological polar surface area (TPSA) is 74.1 Å². The Morgan fingerprint density at radius 2 is 2.15 bits per heavy atom. The summed E-state index contributed by atoms with van der Waals surface area (Å²) < 4.78 is 6.43. The average Bonchev–Trinajstić information content (AvgIpc) is 2.99. The number of rotatable bonds is 5. The van der Waals surface area contributed by atoms with Crippen molar-refractivity contribution in [3.8, 4) is 0 Å². The minimum Gasteiger partial charge on any atom is -0.464 e. The van der Waals surface area contributed by atoms with Gasteiger partial charge < -0.3 is 4.74 Å². The van der Waals surface area contributed by atoms with Gasteiger partial charge >= 0.3 is 5.97 Å². The van der Waals surface area contributed by atoms with E-state index in [-0.39, 0.29) is 11.0 Å². The lowest BCUT2D eigenvalue weighted by Crippen LogP contribution is -2.33. The van der Waals surface area contributed by atoms with Gasteiger partial charge in [0.05, 0.1) is 12.0 Å². The summed E-state index contributed by atoms with van der Waals surface area (Å²) in [6, 6.07) is -0.771. The summed E-state index contributed by atoms with van der Waals surface area (Å²) >= 11 is 1.58. The lowest BCUT2D eigenvalue weighted by molar-refractivity contribution is -0.147. The second-order valence-electron chi connectivity index (χ2n) is 8.53. The average molecular weight is 392 g/mol. The van der Waals surface area contributed by atoms with Crippen molar-refractivity contribution < 1.29 is 9.53 Å². The van der Waals surface area contributed by atoms with Crippen LogP contribution in [0.2, 0.25) is 0 Å². The third-order valence-corrected chi connectivity index (χ3v) is 6.71. The fourth-order valence-corrected chi connectivity index (χ4v) is 4.87. The molecule has 2 heterocycles. The van der Waals surface area contributed by atoms with Gasteiger partial charge in [-0.15, -0.1) is 16.4 Å². The zero-order valence-corrected chi connectivity index (χ0v) is 17.7. The van der Waals surface area contributed by atoms with Crippen molar-refractivity contribution in [2.45, 2.75) is 72.8 Å². The molecule has 0 saturated heterocycles. The maximum absolute atomic E-state index is 13.1. The maximum Gasteiger partial charge on any atom is 0.330 e. The van der Waals surface area contributed by atoms with Gasteiger partial charge in [0, 0.05) is 4.88 Å². The monoisotopic (exact) mass is 391 g/mol. The highest BCUT2D eigenvalue weighted by atomic mass is 32.1. The number of fused-ring (bicyclic) bond motifs is 3. The number of unbranched alkanes of at least 4 members (excludes halogenated alkanes) is 1. The first kappa shape index (κ1) is 20.0. The molecular formula is C20H29N3O3S. The summed E-state index contributed by atoms with van der Waals surface area (Å²) in [7, 11) is 0. The molecule has 27 heavy (non-hydrogen) atoms. The van der Waals surface area contributed by atoms with E-state index in [1.165, 1.54) is 9.56 Å². The molecule has 2 aromatic heterocycles. The van der Waals surface area contributed by atoms with Crippen molar-refractivity contribution in [1.29, 1.82) is 0 Å². The van der Waals surface area contributed by atoms with E-state index in [1.807, 2.05) is 6.92 Å². The van der Waals surface area contributed by atoms with E-state index in [0.29, 0.717) is 22.7 Å². The highest BCUT2D eigenvalue weighted by Gasteiger charge is 2.32. The fraction of sp³-hybridized carbons (Fsp3) is 0.700. The number of carbonyl (C=O) groups is 1. The highest BCUT2D eigenvalue weighted by Crippen LogP contribution is 2.41. The van der Waals surface area contributed by atoms with Crippen molar-refractivity contribution in [2.24, 2.45) is 11.3 Å². The Bertz CT molecular complexity index is 894. The van der Waals surface area contributed by atoms with E-state index < -0.39 is 12.0 Å². The van der Waals surface area contributed by atoms with Crippen molar-refractivity contribution >= 4 is 27.5 Å². The lowest BCUT2D eigenvalue weighted by atomic mass is 9.72. The molecule has 1 aliphatic carbocycles. The maximum atomic E-state index is 13.1. The molecule has 2 aromatic rings. The number of aromatic nitrogens is 3. The van der Waals surface area contributed by atoms with E-state index in [2.05, 4.69) is 31.1 Å². The molecule has 0 bridgehead atoms. The molecule has 2 atom stereocenters. The van der Waals surface area contributed by atoms with Crippen LogP contribution in [0.15, 0.2) is 4.79 Å². The van der Waals surface area contributed by atoms with Gasteiger partial charge in [-0.25, -0.2) is 4.79 Å². The Morgan fingerprint density at radius 1 is 1.41 bits per heavy atom. The van der Waals surface area contributed by atoms with Gasteiger partial charge in [-0.05, 0) is 49.5 Å². The molecular weight excluding hydrogens is 362 g/mol. The Balaban J connectivity index is 1.92. The van der Waals surface area contributed by atoms with Gasteiger partial charge in [0.25, 0.3) is 5.56 Å². The van der Waals surface area contributed by atoms with Crippen molar-refractivity contribution in [3.05, 3.63) is 20.8 Å². The minimum atomic E-state index is -0.771. The van der Waals surface area contributed by atoms with Crippen LogP contribution in [0.4, 0.5) is 0 Å². The molecule has 3 rings (SSSR count). The molecule has 0 amide bonds. The third-order valence-electron chi connectivity index (χ3n) is 5.58. The number of hydrogen-bond donors (Lipinski definition) is 0. The first-order valence-electron chi connectivity index (χ1n) is 9.80. The first-order chi connectivity index (χ1) is 12.7. The van der Waals surface area contributed by atoms with Crippen LogP contribution in [-0.4, -0.2) is 27.6 Å². The fourth-order valence-electron chi connectivity index (χ4n) is 3.64. The number of thiophene rings is 1. The van der Waals surface area contributed by atoms with Crippen LogP contribution in [0, 0.1) is 11.3 Å². The lowest BCUT2D eigenvalue weighted by Gasteiger charge is -2.33. The molecule has 0 spiro atoms. The smallest absolute Gasteiger partial charge is 0.330 e. The van der Waals surface area contributed by atoms with Gasteiger partial charge in [0.1, 0.15) is 0 Å². The molecule has 0 aromatic carbocycles. The SMILES string of the molecule is CCCCOC(=O)C(C)n1nnc2sc3c(c2c1=O)CCC(C(C)(C)C)C3. The number of ether oxygens (including phenoxy) is 1. The van der Waals surface area contributed by atoms with E-state index in [9.17, 15) is 9.59 Å². The molecule has 1 aliphatic rings. The number of esters is 1. The molecule has 0 saturated carbocycles. The molecule has 2 unspecified atom stereocenters. The van der Waals surface area contributed by atoms with Gasteiger partial charge in [-0.2, -0.15) is 4.68 Å². The van der Waals surface area contributed by atoms with Crippen LogP contribution < -0.4 is 5.56 Å². The standard InChI is InChI=1S/C20H29N3O3S/c1-6-7-10-26-19(25)12(2)23-18(24)16-14-9-8-13(20(3,4)5)11-15(14)27-17(16)21-22-23/h12-13H,6-11H2,1-5H3. The summed E-state index contributed by atoms with van der Waals surface area (Å²) in [6.07, 6.45) is 4.69. The number of carbonyl (C=O) groups excluding carboxylic acids is 1. The van der Waals surface area contributed by atoms with E-state index in [0.717, 1.165) is 37.7 Å². The third kappa shape index (κ3) is 3.93. The molecule has 0 fully saturated rings. The Labute approximate surface area is 163 Å². The molecule has 0 aliphatic heterocycles. The number of hydrogen-bond acceptors (Lipinski definition) is 6. The van der Waals surface area contributed by atoms with Crippen molar-refractivity contribution in [2.75, 3.05) is 6.61 Å². The van der Waals surface area contributed by atoms with Crippen LogP contribution in [0.1, 0.15) is 70.4 Å². The van der Waals surface area contributed by atoms with Gasteiger partial charge in [0.2, 0.25) is 0 Å². The van der Waals surface area contributed by atoms with Crippen LogP contribution in [0.5, 0.6) is 0 Å². The van der Waals surface area contributed by atoms with Crippen molar-refractivity contribution in [1.82, 2.24) is 15.0 Å². The predicted octanol–water partition coefficient (Wildman–Crippen LogP) is 3.91. The highest BCUT2D eigenvalue weighted by molar-refractivity contribution is 7.18. The first-order valence-corrected chi connectivity index (χ1v) is 10.6. The molecule has 7 heteroatoms. The minimum absolute atomic E-state index is 0.230. The number of aryl methyl sites for hydroxylation is 1. The quantitative estimate of drug-likeness (QED) is 0.571. The zero-order chi connectivity index (χ0) is 19.8. The Morgan fingerprint density at radius 3 is 2.81 bits per heavy atom. The van der Waals surface area contributed by atoms with Gasteiger partial charge in [-0.1, -0.05) is 39.3 Å². The summed E-state index contributed by atoms with van der Waals surface area (Å²) in [5, 5.41) is 8.93. The predicted molar refractivity (Wildman–Crippen MR) is 107 cm³/mol. The van der Waals surface area contributed by atoms with Crippen LogP contribution >= 0.6 is 11.3 Å². The second kappa shape index (κ2) is 7.70. The number of nitrogens with zero attached hydrogens (tertiary/aromatic N) is 3.